The van der Waals surface area contributed by atoms with Crippen molar-refractivity contribution in [3.8, 4) is 5.19 Å². The SMILES string of the molecule is CC(C)(C)OCc1cnc(OC(=O)N2CCNCC2)s1. The van der Waals surface area contributed by atoms with Crippen LogP contribution in [-0.4, -0.2) is 47.8 Å². The number of hydrogen-bond donors (Lipinski definition) is 1. The summed E-state index contributed by atoms with van der Waals surface area (Å²) >= 11 is 1.34. The number of ether oxygens (including phenoxy) is 2. The van der Waals surface area contributed by atoms with Gasteiger partial charge in [0.25, 0.3) is 5.19 Å². The number of carbonyl (C=O) groups is 1. The largest absolute Gasteiger partial charge is 0.417 e. The second kappa shape index (κ2) is 6.51. The third-order valence-corrected chi connectivity index (χ3v) is 3.58. The lowest BCUT2D eigenvalue weighted by atomic mass is 10.2. The van der Waals surface area contributed by atoms with E-state index in [0.717, 1.165) is 18.0 Å². The molecule has 0 radical (unpaired) electrons. The van der Waals surface area contributed by atoms with Gasteiger partial charge < -0.3 is 19.7 Å². The first-order chi connectivity index (χ1) is 9.44. The normalized spacial score (nSPS) is 16.2. The van der Waals surface area contributed by atoms with Crippen LogP contribution in [0.3, 0.4) is 0 Å². The van der Waals surface area contributed by atoms with Crippen molar-refractivity contribution in [2.75, 3.05) is 26.2 Å². The number of thiazole rings is 1. The quantitative estimate of drug-likeness (QED) is 0.923. The van der Waals surface area contributed by atoms with E-state index in [-0.39, 0.29) is 11.7 Å². The number of nitrogens with one attached hydrogen (secondary N) is 1. The number of amides is 1. The lowest BCUT2D eigenvalue weighted by Gasteiger charge is -2.25. The van der Waals surface area contributed by atoms with Crippen molar-refractivity contribution >= 4 is 17.4 Å². The fourth-order valence-electron chi connectivity index (χ4n) is 1.68. The number of piperazine rings is 1. The minimum Gasteiger partial charge on any atom is -0.381 e. The smallest absolute Gasteiger partial charge is 0.381 e. The number of rotatable bonds is 3. The molecule has 20 heavy (non-hydrogen) atoms. The van der Waals surface area contributed by atoms with Gasteiger partial charge in [-0.1, -0.05) is 11.3 Å². The molecule has 7 heteroatoms. The predicted octanol–water partition coefficient (Wildman–Crippen LogP) is 1.86. The monoisotopic (exact) mass is 299 g/mol. The van der Waals surface area contributed by atoms with Crippen LogP contribution >= 0.6 is 11.3 Å². The Bertz CT molecular complexity index is 450. The van der Waals surface area contributed by atoms with Crippen molar-refractivity contribution < 1.29 is 14.3 Å². The first-order valence-electron chi connectivity index (χ1n) is 6.70. The van der Waals surface area contributed by atoms with Crippen LogP contribution in [-0.2, 0) is 11.3 Å². The molecule has 2 heterocycles. The van der Waals surface area contributed by atoms with Crippen molar-refractivity contribution in [1.29, 1.82) is 0 Å². The average molecular weight is 299 g/mol. The minimum atomic E-state index is -0.330. The summed E-state index contributed by atoms with van der Waals surface area (Å²) in [5.41, 5.74) is -0.193. The lowest BCUT2D eigenvalue weighted by Crippen LogP contribution is -2.47. The molecule has 1 aliphatic rings. The molecule has 0 aromatic carbocycles. The van der Waals surface area contributed by atoms with Gasteiger partial charge in [-0.2, -0.15) is 0 Å². The Kier molecular flexibility index (Phi) is 4.95. The molecule has 2 rings (SSSR count). The van der Waals surface area contributed by atoms with E-state index >= 15 is 0 Å². The highest BCUT2D eigenvalue weighted by Crippen LogP contribution is 2.23. The number of hydrogen-bond acceptors (Lipinski definition) is 6. The summed E-state index contributed by atoms with van der Waals surface area (Å²) in [6, 6.07) is 0. The molecule has 1 aliphatic heterocycles. The molecule has 1 amide bonds. The van der Waals surface area contributed by atoms with Crippen LogP contribution in [0.15, 0.2) is 6.20 Å². The fourth-order valence-corrected chi connectivity index (χ4v) is 2.34. The van der Waals surface area contributed by atoms with Gasteiger partial charge in [0.15, 0.2) is 0 Å². The van der Waals surface area contributed by atoms with E-state index in [1.807, 2.05) is 20.8 Å². The lowest BCUT2D eigenvalue weighted by molar-refractivity contribution is -0.0137. The highest BCUT2D eigenvalue weighted by molar-refractivity contribution is 7.13. The fraction of sp³-hybridized carbons (Fsp3) is 0.692. The van der Waals surface area contributed by atoms with Gasteiger partial charge in [-0.05, 0) is 20.8 Å². The van der Waals surface area contributed by atoms with Crippen LogP contribution in [0.1, 0.15) is 25.6 Å². The Morgan fingerprint density at radius 1 is 1.45 bits per heavy atom. The van der Waals surface area contributed by atoms with Crippen LogP contribution in [0.2, 0.25) is 0 Å². The molecule has 0 spiro atoms. The van der Waals surface area contributed by atoms with Gasteiger partial charge in [-0.25, -0.2) is 9.78 Å². The number of aromatic nitrogens is 1. The highest BCUT2D eigenvalue weighted by atomic mass is 32.1. The highest BCUT2D eigenvalue weighted by Gasteiger charge is 2.19. The van der Waals surface area contributed by atoms with E-state index in [1.54, 1.807) is 11.1 Å². The topological polar surface area (TPSA) is 63.7 Å². The summed E-state index contributed by atoms with van der Waals surface area (Å²) < 4.78 is 10.9. The Hall–Kier alpha value is -1.18. The summed E-state index contributed by atoms with van der Waals surface area (Å²) in [6.45, 7) is 9.42. The van der Waals surface area contributed by atoms with Crippen LogP contribution in [0.5, 0.6) is 5.19 Å². The summed E-state index contributed by atoms with van der Waals surface area (Å²) in [6.07, 6.45) is 1.36. The zero-order valence-corrected chi connectivity index (χ0v) is 13.0. The summed E-state index contributed by atoms with van der Waals surface area (Å²) in [7, 11) is 0. The van der Waals surface area contributed by atoms with E-state index in [1.165, 1.54) is 11.3 Å². The molecule has 1 N–H and O–H groups in total. The summed E-state index contributed by atoms with van der Waals surface area (Å²) in [5, 5.41) is 3.57. The maximum absolute atomic E-state index is 11.9. The van der Waals surface area contributed by atoms with E-state index in [0.29, 0.717) is 24.9 Å². The standard InChI is InChI=1S/C13H21N3O3S/c1-13(2,3)18-9-10-8-15-11(20-10)19-12(17)16-6-4-14-5-7-16/h8,14H,4-7,9H2,1-3H3. The molecular formula is C13H21N3O3S. The molecular weight excluding hydrogens is 278 g/mol. The molecule has 1 aromatic heterocycles. The third kappa shape index (κ3) is 4.73. The molecule has 0 saturated carbocycles. The molecule has 6 nitrogen and oxygen atoms in total. The van der Waals surface area contributed by atoms with Crippen molar-refractivity contribution in [2.24, 2.45) is 0 Å². The second-order valence-electron chi connectivity index (χ2n) is 5.60. The molecule has 0 aliphatic carbocycles. The first-order valence-corrected chi connectivity index (χ1v) is 7.52. The average Bonchev–Trinajstić information content (AvgIpc) is 2.84. The van der Waals surface area contributed by atoms with E-state index in [2.05, 4.69) is 10.3 Å². The number of nitrogens with zero attached hydrogens (tertiary/aromatic N) is 2. The van der Waals surface area contributed by atoms with Crippen LogP contribution in [0.4, 0.5) is 4.79 Å². The maximum Gasteiger partial charge on any atom is 0.417 e. The number of carbonyl (C=O) groups excluding carboxylic acids is 1. The molecule has 1 saturated heterocycles. The molecule has 1 fully saturated rings. The molecule has 112 valence electrons. The van der Waals surface area contributed by atoms with Crippen molar-refractivity contribution in [2.45, 2.75) is 33.0 Å². The van der Waals surface area contributed by atoms with Gasteiger partial charge in [-0.15, -0.1) is 0 Å². The van der Waals surface area contributed by atoms with Gasteiger partial charge in [0, 0.05) is 32.4 Å². The Labute approximate surface area is 123 Å². The summed E-state index contributed by atoms with van der Waals surface area (Å²) in [5.74, 6) is 0. The van der Waals surface area contributed by atoms with Gasteiger partial charge in [0.2, 0.25) is 0 Å². The van der Waals surface area contributed by atoms with Crippen LogP contribution in [0.25, 0.3) is 0 Å². The maximum atomic E-state index is 11.9. The zero-order valence-electron chi connectivity index (χ0n) is 12.1. The molecule has 0 bridgehead atoms. The van der Waals surface area contributed by atoms with E-state index < -0.39 is 0 Å². The van der Waals surface area contributed by atoms with Crippen molar-refractivity contribution in [1.82, 2.24) is 15.2 Å². The van der Waals surface area contributed by atoms with Crippen LogP contribution < -0.4 is 10.1 Å². The molecule has 0 atom stereocenters. The first kappa shape index (κ1) is 15.2. The predicted molar refractivity (Wildman–Crippen MR) is 77.1 cm³/mol. The van der Waals surface area contributed by atoms with Crippen molar-refractivity contribution in [3.63, 3.8) is 0 Å². The third-order valence-electron chi connectivity index (χ3n) is 2.73. The van der Waals surface area contributed by atoms with Gasteiger partial charge in [0.05, 0.1) is 17.1 Å². The van der Waals surface area contributed by atoms with Crippen molar-refractivity contribution in [3.05, 3.63) is 11.1 Å². The van der Waals surface area contributed by atoms with E-state index in [9.17, 15) is 4.79 Å². The Morgan fingerprint density at radius 3 is 2.80 bits per heavy atom. The molecule has 1 aromatic rings. The minimum absolute atomic E-state index is 0.193. The Morgan fingerprint density at radius 2 is 2.15 bits per heavy atom. The molecule has 0 unspecified atom stereocenters. The van der Waals surface area contributed by atoms with Crippen LogP contribution in [0, 0.1) is 0 Å². The van der Waals surface area contributed by atoms with Gasteiger partial charge >= 0.3 is 6.09 Å². The van der Waals surface area contributed by atoms with Gasteiger partial charge in [-0.3, -0.25) is 0 Å². The Balaban J connectivity index is 1.84. The van der Waals surface area contributed by atoms with E-state index in [4.69, 9.17) is 9.47 Å². The second-order valence-corrected chi connectivity index (χ2v) is 6.68. The zero-order chi connectivity index (χ0) is 14.6. The van der Waals surface area contributed by atoms with Gasteiger partial charge in [0.1, 0.15) is 0 Å². The summed E-state index contributed by atoms with van der Waals surface area (Å²) in [4.78, 5) is 18.6.